The molecule has 0 radical (unpaired) electrons. The molecule has 5 atom stereocenters. The minimum absolute atomic E-state index is 0.0496. The molecule has 1 aliphatic rings. The quantitative estimate of drug-likeness (QED) is 0.0817. The van der Waals surface area contributed by atoms with Gasteiger partial charge >= 0.3 is 12.1 Å². The minimum Gasteiger partial charge on any atom is -0.453 e. The summed E-state index contributed by atoms with van der Waals surface area (Å²) in [5, 5.41) is 22.1. The average Bonchev–Trinajstić information content (AvgIpc) is 3.61. The molecule has 0 aliphatic carbocycles. The summed E-state index contributed by atoms with van der Waals surface area (Å²) in [5.41, 5.74) is 4.16. The Bertz CT molecular complexity index is 2320. The van der Waals surface area contributed by atoms with E-state index in [0.29, 0.717) is 26.1 Å². The number of para-hydroxylation sites is 1. The molecule has 13 nitrogen and oxygen atoms in total. The molecule has 1 saturated heterocycles. The van der Waals surface area contributed by atoms with Gasteiger partial charge in [-0.15, -0.1) is 0 Å². The van der Waals surface area contributed by atoms with Crippen molar-refractivity contribution in [3.8, 4) is 11.3 Å². The fraction of sp³-hybridized carbons (Fsp3) is 0.400. The largest absolute Gasteiger partial charge is 0.453 e. The molecule has 5 amide bonds. The number of benzene rings is 3. The summed E-state index contributed by atoms with van der Waals surface area (Å²) in [4.78, 5) is 67.4. The van der Waals surface area contributed by atoms with Crippen molar-refractivity contribution in [1.82, 2.24) is 35.7 Å². The highest BCUT2D eigenvalue weighted by Gasteiger charge is 2.45. The number of methoxy groups -OCH3 is 1. The van der Waals surface area contributed by atoms with Crippen LogP contribution in [0.1, 0.15) is 70.6 Å². The molecular weight excluding hydrogens is 795 g/mol. The number of urea groups is 1. The number of nitrogens with one attached hydrogen (secondary N) is 3. The van der Waals surface area contributed by atoms with Crippen molar-refractivity contribution in [1.29, 1.82) is 0 Å². The Morgan fingerprint density at radius 1 is 0.778 bits per heavy atom. The highest BCUT2D eigenvalue weighted by molar-refractivity contribution is 5.90. The van der Waals surface area contributed by atoms with Crippen molar-refractivity contribution in [2.45, 2.75) is 91.1 Å². The zero-order valence-corrected chi connectivity index (χ0v) is 37.4. The van der Waals surface area contributed by atoms with Gasteiger partial charge in [0.2, 0.25) is 11.8 Å². The van der Waals surface area contributed by atoms with Crippen molar-refractivity contribution in [3.63, 3.8) is 0 Å². The number of ether oxygens (including phenoxy) is 1. The smallest absolute Gasteiger partial charge is 0.407 e. The molecule has 63 heavy (non-hydrogen) atoms. The number of hydrogen-bond donors (Lipinski definition) is 4. The van der Waals surface area contributed by atoms with Crippen LogP contribution in [0.3, 0.4) is 0 Å². The summed E-state index contributed by atoms with van der Waals surface area (Å²) in [6.07, 6.45) is 2.14. The maximum absolute atomic E-state index is 15.0. The molecule has 0 saturated carbocycles. The first-order valence-corrected chi connectivity index (χ1v) is 21.6. The van der Waals surface area contributed by atoms with E-state index in [4.69, 9.17) is 4.74 Å². The summed E-state index contributed by atoms with van der Waals surface area (Å²) in [5.74, 6) is -1.25. The highest BCUT2D eigenvalue weighted by Crippen LogP contribution is 2.33. The van der Waals surface area contributed by atoms with Crippen LogP contribution in [0.15, 0.2) is 116 Å². The van der Waals surface area contributed by atoms with E-state index in [-0.39, 0.29) is 24.9 Å². The molecule has 5 unspecified atom stereocenters. The highest BCUT2D eigenvalue weighted by atomic mass is 16.5. The number of amides is 5. The number of aliphatic hydroxyl groups excluding tert-OH is 1. The molecule has 1 aliphatic heterocycles. The van der Waals surface area contributed by atoms with Crippen LogP contribution >= 0.6 is 0 Å². The normalized spacial score (nSPS) is 15.6. The molecule has 6 rings (SSSR count). The summed E-state index contributed by atoms with van der Waals surface area (Å²) in [7, 11) is 1.24. The Balaban J connectivity index is 1.29. The van der Waals surface area contributed by atoms with Crippen LogP contribution < -0.4 is 16.0 Å². The first kappa shape index (κ1) is 46.2. The van der Waals surface area contributed by atoms with Crippen molar-refractivity contribution >= 4 is 34.8 Å². The van der Waals surface area contributed by atoms with Crippen molar-refractivity contribution in [2.24, 2.45) is 10.8 Å². The van der Waals surface area contributed by atoms with Gasteiger partial charge in [-0.05, 0) is 64.6 Å². The first-order valence-electron chi connectivity index (χ1n) is 21.6. The lowest BCUT2D eigenvalue weighted by atomic mass is 9.81. The number of carbonyl (C=O) groups excluding carboxylic acids is 4. The third-order valence-corrected chi connectivity index (χ3v) is 11.7. The zero-order valence-electron chi connectivity index (χ0n) is 37.4. The van der Waals surface area contributed by atoms with Gasteiger partial charge in [0.1, 0.15) is 12.1 Å². The maximum atomic E-state index is 15.0. The average molecular weight is 856 g/mol. The molecule has 5 aromatic rings. The number of carbonyl (C=O) groups is 4. The number of nitrogens with zero attached hydrogens (tertiary/aromatic N) is 4. The number of fused-ring (bicyclic) bond motifs is 1. The third-order valence-electron chi connectivity index (χ3n) is 11.7. The summed E-state index contributed by atoms with van der Waals surface area (Å²) in [6, 6.07) is 30.5. The van der Waals surface area contributed by atoms with Crippen LogP contribution in [0.4, 0.5) is 9.59 Å². The van der Waals surface area contributed by atoms with Crippen LogP contribution in [0.25, 0.3) is 22.2 Å². The monoisotopic (exact) mass is 855 g/mol. The maximum Gasteiger partial charge on any atom is 0.407 e. The second kappa shape index (κ2) is 20.2. The van der Waals surface area contributed by atoms with Crippen LogP contribution in [0, 0.1) is 10.8 Å². The van der Waals surface area contributed by atoms with E-state index in [1.165, 1.54) is 7.11 Å². The van der Waals surface area contributed by atoms with Crippen LogP contribution in [0.5, 0.6) is 0 Å². The number of pyridine rings is 2. The van der Waals surface area contributed by atoms with Crippen LogP contribution in [-0.4, -0.2) is 99.8 Å². The number of rotatable bonds is 16. The van der Waals surface area contributed by atoms with Crippen LogP contribution in [-0.2, 0) is 27.3 Å². The molecule has 3 heterocycles. The topological polar surface area (TPSA) is 166 Å². The molecular formula is C50H61N7O6. The predicted molar refractivity (Wildman–Crippen MR) is 244 cm³/mol. The lowest BCUT2D eigenvalue weighted by Crippen LogP contribution is -2.59. The zero-order chi connectivity index (χ0) is 45.3. The van der Waals surface area contributed by atoms with E-state index < -0.39 is 53.0 Å². The summed E-state index contributed by atoms with van der Waals surface area (Å²) in [6.45, 7) is 12.5. The van der Waals surface area contributed by atoms with Gasteiger partial charge in [0.25, 0.3) is 0 Å². The van der Waals surface area contributed by atoms with Crippen molar-refractivity contribution in [2.75, 3.05) is 26.7 Å². The molecule has 4 N–H and O–H groups in total. The van der Waals surface area contributed by atoms with Crippen molar-refractivity contribution < 1.29 is 29.0 Å². The Morgan fingerprint density at radius 3 is 2.14 bits per heavy atom. The molecule has 13 heteroatoms. The molecule has 0 spiro atoms. The molecule has 3 aromatic carbocycles. The Hall–Kier alpha value is -6.34. The van der Waals surface area contributed by atoms with Gasteiger partial charge in [-0.2, -0.15) is 0 Å². The van der Waals surface area contributed by atoms with Gasteiger partial charge in [0.05, 0.1) is 30.5 Å². The van der Waals surface area contributed by atoms with E-state index in [1.807, 2.05) is 145 Å². The van der Waals surface area contributed by atoms with E-state index in [0.717, 1.165) is 38.9 Å². The molecule has 1 fully saturated rings. The number of aliphatic hydroxyl groups is 1. The van der Waals surface area contributed by atoms with Gasteiger partial charge in [0, 0.05) is 55.4 Å². The Labute approximate surface area is 370 Å². The number of aromatic nitrogens is 2. The lowest BCUT2D eigenvalue weighted by molar-refractivity contribution is -0.131. The fourth-order valence-electron chi connectivity index (χ4n) is 8.43. The van der Waals surface area contributed by atoms with Gasteiger partial charge in [0.15, 0.2) is 0 Å². The van der Waals surface area contributed by atoms with Gasteiger partial charge < -0.3 is 35.6 Å². The molecule has 2 aromatic heterocycles. The van der Waals surface area contributed by atoms with Crippen LogP contribution in [0.2, 0.25) is 0 Å². The van der Waals surface area contributed by atoms with Gasteiger partial charge in [-0.3, -0.25) is 19.6 Å². The minimum atomic E-state index is -1.15. The van der Waals surface area contributed by atoms with Crippen molar-refractivity contribution in [3.05, 3.63) is 132 Å². The predicted octanol–water partition coefficient (Wildman–Crippen LogP) is 7.10. The number of alkyl carbamates (subject to hydrolysis) is 1. The summed E-state index contributed by atoms with van der Waals surface area (Å²) >= 11 is 0. The Morgan fingerprint density at radius 2 is 1.48 bits per heavy atom. The molecule has 332 valence electrons. The van der Waals surface area contributed by atoms with Gasteiger partial charge in [-0.25, -0.2) is 9.59 Å². The summed E-state index contributed by atoms with van der Waals surface area (Å²) < 4.78 is 4.78. The van der Waals surface area contributed by atoms with E-state index in [1.54, 1.807) is 22.2 Å². The molecule has 0 bridgehead atoms. The third kappa shape index (κ3) is 11.6. The SMILES string of the molecule is COC(=O)NC(C(=O)NCCC(O)C(NC(=O)C(N1CCN(Cc2ccnc3ccccc23)C1=O)C(C)(C)C)C(Cc1ccc(-c2ccccn2)cc1)c1ccccc1)C(C)(C)C. The standard InChI is InChI=1S/C50H61N7O6/c1-49(2,3)43(55-47(61)63-7)45(59)53-28-25-41(58)42(38(34-15-9-8-10-16-34)31-33-20-22-35(23-21-33)39-18-13-14-26-51-39)54-46(60)44(50(4,5)6)57-30-29-56(48(57)62)32-36-24-27-52-40-19-12-11-17-37(36)40/h8-24,26-27,38,41-44,58H,25,28-32H2,1-7H3,(H,53,59)(H,54,60)(H,55,61). The van der Waals surface area contributed by atoms with E-state index in [9.17, 15) is 19.5 Å². The second-order valence-electron chi connectivity index (χ2n) is 18.4. The second-order valence-corrected chi connectivity index (χ2v) is 18.4. The first-order chi connectivity index (χ1) is 30.0. The lowest BCUT2D eigenvalue weighted by Gasteiger charge is -2.39. The van der Waals surface area contributed by atoms with Gasteiger partial charge in [-0.1, -0.05) is 120 Å². The Kier molecular flexibility index (Phi) is 14.8. The fourth-order valence-corrected chi connectivity index (χ4v) is 8.43. The number of hydrogen-bond acceptors (Lipinski definition) is 8. The van der Waals surface area contributed by atoms with E-state index in [2.05, 4.69) is 25.9 Å². The van der Waals surface area contributed by atoms with E-state index >= 15 is 4.79 Å².